The zero-order valence-corrected chi connectivity index (χ0v) is 29.4. The first kappa shape index (κ1) is 36.2. The van der Waals surface area contributed by atoms with Crippen LogP contribution in [-0.2, 0) is 40.3 Å². The molecular formula is C33H24N4O11S4-2. The van der Waals surface area contributed by atoms with Crippen molar-refractivity contribution in [3.8, 4) is 0 Å². The highest BCUT2D eigenvalue weighted by atomic mass is 32.2. The average Bonchev–Trinajstić information content (AvgIpc) is 3.06. The lowest BCUT2D eigenvalue weighted by Crippen LogP contribution is -2.19. The zero-order valence-electron chi connectivity index (χ0n) is 26.2. The fourth-order valence-electron chi connectivity index (χ4n) is 5.09. The van der Waals surface area contributed by atoms with Crippen LogP contribution in [0.4, 0.5) is 27.5 Å². The molecule has 0 aliphatic rings. The van der Waals surface area contributed by atoms with Gasteiger partial charge < -0.3 is 19.7 Å². The molecule has 0 aliphatic carbocycles. The largest absolute Gasteiger partial charge is 0.744 e. The number of fused-ring (bicyclic) bond motifs is 2. The maximum absolute atomic E-state index is 13.1. The number of amides is 2. The van der Waals surface area contributed by atoms with E-state index in [4.69, 9.17) is 0 Å². The zero-order chi connectivity index (χ0) is 37.5. The molecule has 52 heavy (non-hydrogen) atoms. The van der Waals surface area contributed by atoms with Gasteiger partial charge in [0.05, 0.1) is 31.0 Å². The highest BCUT2D eigenvalue weighted by Gasteiger charge is 2.18. The van der Waals surface area contributed by atoms with E-state index in [0.717, 1.165) is 24.3 Å². The van der Waals surface area contributed by atoms with Gasteiger partial charge in [-0.05, 0) is 106 Å². The van der Waals surface area contributed by atoms with Crippen LogP contribution in [0.1, 0.15) is 0 Å². The summed E-state index contributed by atoms with van der Waals surface area (Å²) < 4.78 is 125. The number of urea groups is 1. The lowest BCUT2D eigenvalue weighted by molar-refractivity contribution is 0.262. The molecule has 0 unspecified atom stereocenters. The number of hydrogen-bond acceptors (Lipinski definition) is 11. The quantitative estimate of drug-likeness (QED) is 0.134. The lowest BCUT2D eigenvalue weighted by Gasteiger charge is -2.13. The average molecular weight is 781 g/mol. The SMILES string of the molecule is O=C(Nc1ccc2ccc(S(=O)(=O)Nc3cccc(S(=O)(=O)[O-])c3)cc2c1)Nc1ccc2ccc(S(=O)(=O)Nc3cccc(S(=O)(=O)[O-])c3)cc2c1. The normalized spacial score (nSPS) is 12.3. The molecule has 0 saturated carbocycles. The summed E-state index contributed by atoms with van der Waals surface area (Å²) in [5.41, 5.74) is 0.341. The van der Waals surface area contributed by atoms with E-state index >= 15 is 0 Å². The van der Waals surface area contributed by atoms with Crippen molar-refractivity contribution in [3.63, 3.8) is 0 Å². The Morgan fingerprint density at radius 2 is 0.788 bits per heavy atom. The van der Waals surface area contributed by atoms with E-state index in [2.05, 4.69) is 20.1 Å². The standard InChI is InChI=1S/C33H26N4O11S4/c38-33(34-25-11-7-21-9-13-29(17-23(21)15-25)49(39,40)36-27-3-1-5-31(19-27)51(43,44)45)35-26-12-8-22-10-14-30(18-24(22)16-26)50(41,42)37-28-4-2-6-32(20-28)52(46,47)48/h1-20,36-37H,(H2,34,35,38)(H,43,44,45)(H,46,47,48)/p-2. The van der Waals surface area contributed by atoms with E-state index in [-0.39, 0.29) is 21.2 Å². The van der Waals surface area contributed by atoms with Crippen LogP contribution in [0.15, 0.2) is 141 Å². The molecule has 19 heteroatoms. The Labute approximate surface area is 297 Å². The molecule has 0 heterocycles. The third-order valence-electron chi connectivity index (χ3n) is 7.51. The van der Waals surface area contributed by atoms with Crippen molar-refractivity contribution >= 4 is 90.6 Å². The number of anilines is 4. The molecule has 6 rings (SSSR count). The van der Waals surface area contributed by atoms with Crippen LogP contribution in [0.5, 0.6) is 0 Å². The summed E-state index contributed by atoms with van der Waals surface area (Å²) in [5, 5.41) is 7.46. The summed E-state index contributed by atoms with van der Waals surface area (Å²) in [6.07, 6.45) is 0. The van der Waals surface area contributed by atoms with Crippen molar-refractivity contribution in [1.82, 2.24) is 0 Å². The van der Waals surface area contributed by atoms with Gasteiger partial charge in [0, 0.05) is 11.4 Å². The Balaban J connectivity index is 1.17. The molecule has 0 aromatic heterocycles. The number of benzene rings is 6. The minimum absolute atomic E-state index is 0.130. The summed E-state index contributed by atoms with van der Waals surface area (Å²) >= 11 is 0. The number of hydrogen-bond donors (Lipinski definition) is 4. The van der Waals surface area contributed by atoms with Gasteiger partial charge >= 0.3 is 6.03 Å². The second-order valence-corrected chi connectivity index (χ2v) is 17.3. The first-order valence-corrected chi connectivity index (χ1v) is 20.5. The van der Waals surface area contributed by atoms with Crippen LogP contribution in [0, 0.1) is 0 Å². The minimum atomic E-state index is -4.81. The third kappa shape index (κ3) is 8.31. The van der Waals surface area contributed by atoms with Crippen molar-refractivity contribution < 1.29 is 47.6 Å². The summed E-state index contributed by atoms with van der Waals surface area (Å²) in [7, 11) is -18.1. The summed E-state index contributed by atoms with van der Waals surface area (Å²) in [5.74, 6) is 0. The molecule has 15 nitrogen and oxygen atoms in total. The van der Waals surface area contributed by atoms with E-state index in [9.17, 15) is 47.6 Å². The Bertz CT molecular complexity index is 2670. The van der Waals surface area contributed by atoms with Gasteiger partial charge in [-0.1, -0.05) is 36.4 Å². The molecule has 0 radical (unpaired) electrons. The topological polar surface area (TPSA) is 248 Å². The van der Waals surface area contributed by atoms with E-state index < -0.39 is 56.1 Å². The van der Waals surface area contributed by atoms with Crippen molar-refractivity contribution in [2.45, 2.75) is 19.6 Å². The molecular weight excluding hydrogens is 757 g/mol. The maximum Gasteiger partial charge on any atom is 0.323 e. The summed E-state index contributed by atoms with van der Waals surface area (Å²) in [6, 6.07) is 26.3. The highest BCUT2D eigenvalue weighted by molar-refractivity contribution is 7.93. The van der Waals surface area contributed by atoms with E-state index in [0.29, 0.717) is 32.9 Å². The van der Waals surface area contributed by atoms with E-state index in [1.807, 2.05) is 0 Å². The van der Waals surface area contributed by atoms with Crippen molar-refractivity contribution in [3.05, 3.63) is 121 Å². The fourth-order valence-corrected chi connectivity index (χ4v) is 8.29. The van der Waals surface area contributed by atoms with Crippen molar-refractivity contribution in [2.75, 3.05) is 20.1 Å². The molecule has 0 spiro atoms. The summed E-state index contributed by atoms with van der Waals surface area (Å²) in [6.45, 7) is 0. The predicted octanol–water partition coefficient (Wildman–Crippen LogP) is 5.05. The van der Waals surface area contributed by atoms with Gasteiger partial charge in [0.2, 0.25) is 0 Å². The number of carbonyl (C=O) groups is 1. The molecule has 2 amide bonds. The number of rotatable bonds is 10. The molecule has 0 fully saturated rings. The van der Waals surface area contributed by atoms with Crippen LogP contribution in [0.2, 0.25) is 0 Å². The number of carbonyl (C=O) groups excluding carboxylic acids is 1. The van der Waals surface area contributed by atoms with E-state index in [1.54, 1.807) is 36.4 Å². The maximum atomic E-state index is 13.1. The molecule has 6 aromatic rings. The molecule has 268 valence electrons. The first-order chi connectivity index (χ1) is 24.4. The molecule has 0 aliphatic heterocycles. The van der Waals surface area contributed by atoms with Gasteiger partial charge in [-0.3, -0.25) is 9.44 Å². The lowest BCUT2D eigenvalue weighted by atomic mass is 10.1. The second kappa shape index (κ2) is 13.5. The fraction of sp³-hybridized carbons (Fsp3) is 0. The van der Waals surface area contributed by atoms with Crippen molar-refractivity contribution in [2.24, 2.45) is 0 Å². The molecule has 6 aromatic carbocycles. The monoisotopic (exact) mass is 780 g/mol. The van der Waals surface area contributed by atoms with Gasteiger partial charge in [-0.15, -0.1) is 0 Å². The van der Waals surface area contributed by atoms with E-state index in [1.165, 1.54) is 60.7 Å². The molecule has 0 saturated heterocycles. The van der Waals surface area contributed by atoms with Crippen LogP contribution in [-0.4, -0.2) is 48.8 Å². The van der Waals surface area contributed by atoms with Gasteiger partial charge in [0.15, 0.2) is 0 Å². The minimum Gasteiger partial charge on any atom is -0.744 e. The molecule has 0 bridgehead atoms. The Morgan fingerprint density at radius 3 is 1.17 bits per heavy atom. The van der Waals surface area contributed by atoms with Gasteiger partial charge in [0.25, 0.3) is 20.0 Å². The number of nitrogens with one attached hydrogen (secondary N) is 4. The Morgan fingerprint density at radius 1 is 0.404 bits per heavy atom. The van der Waals surface area contributed by atoms with Gasteiger partial charge in [0.1, 0.15) is 20.2 Å². The van der Waals surface area contributed by atoms with Crippen molar-refractivity contribution in [1.29, 1.82) is 0 Å². The Hall–Kier alpha value is -5.57. The van der Waals surface area contributed by atoms with Crippen LogP contribution in [0.3, 0.4) is 0 Å². The first-order valence-electron chi connectivity index (χ1n) is 14.7. The second-order valence-electron chi connectivity index (χ2n) is 11.2. The van der Waals surface area contributed by atoms with Gasteiger partial charge in [-0.2, -0.15) is 0 Å². The highest BCUT2D eigenvalue weighted by Crippen LogP contribution is 2.27. The Kier molecular flexibility index (Phi) is 9.42. The van der Waals surface area contributed by atoms with Gasteiger partial charge in [-0.25, -0.2) is 38.5 Å². The third-order valence-corrected chi connectivity index (χ3v) is 11.9. The number of sulfonamides is 2. The predicted molar refractivity (Wildman–Crippen MR) is 191 cm³/mol. The van der Waals surface area contributed by atoms with Crippen LogP contribution >= 0.6 is 0 Å². The smallest absolute Gasteiger partial charge is 0.323 e. The molecule has 0 atom stereocenters. The molecule has 4 N–H and O–H groups in total. The van der Waals surface area contributed by atoms with Crippen LogP contribution in [0.25, 0.3) is 21.5 Å². The summed E-state index contributed by atoms with van der Waals surface area (Å²) in [4.78, 5) is 11.4. The van der Waals surface area contributed by atoms with Crippen LogP contribution < -0.4 is 20.1 Å².